The molecule has 0 atom stereocenters. The highest BCUT2D eigenvalue weighted by Crippen LogP contribution is 2.26. The van der Waals surface area contributed by atoms with E-state index in [-0.39, 0.29) is 4.90 Å². The molecule has 122 valence electrons. The number of hydrogen-bond acceptors (Lipinski definition) is 5. The van der Waals surface area contributed by atoms with Crippen LogP contribution in [-0.2, 0) is 21.3 Å². The van der Waals surface area contributed by atoms with Crippen LogP contribution in [0.2, 0.25) is 0 Å². The quantitative estimate of drug-likeness (QED) is 0.642. The lowest BCUT2D eigenvalue weighted by atomic mass is 10.2. The number of aryl methyl sites for hydroxylation is 2. The molecule has 0 aromatic carbocycles. The largest absolute Gasteiger partial charge is 0.465 e. The van der Waals surface area contributed by atoms with Crippen molar-refractivity contribution in [2.24, 2.45) is 0 Å². The zero-order valence-electron chi connectivity index (χ0n) is 13.3. The molecule has 1 heterocycles. The van der Waals surface area contributed by atoms with Crippen LogP contribution in [0.25, 0.3) is 0 Å². The molecule has 21 heavy (non-hydrogen) atoms. The lowest BCUT2D eigenvalue weighted by Crippen LogP contribution is -2.27. The first-order valence-electron chi connectivity index (χ1n) is 7.31. The van der Waals surface area contributed by atoms with E-state index in [1.807, 2.05) is 13.8 Å². The van der Waals surface area contributed by atoms with Crippen LogP contribution >= 0.6 is 0 Å². The predicted octanol–water partition coefficient (Wildman–Crippen LogP) is 1.71. The summed E-state index contributed by atoms with van der Waals surface area (Å²) in [6.45, 7) is 10.1. The minimum atomic E-state index is -3.56. The van der Waals surface area contributed by atoms with E-state index in [2.05, 4.69) is 10.0 Å². The number of furan rings is 1. The van der Waals surface area contributed by atoms with Gasteiger partial charge in [-0.3, -0.25) is 0 Å². The average Bonchev–Trinajstić information content (AvgIpc) is 2.71. The monoisotopic (exact) mass is 318 g/mol. The second-order valence-electron chi connectivity index (χ2n) is 4.75. The van der Waals surface area contributed by atoms with E-state index in [4.69, 9.17) is 9.15 Å². The van der Waals surface area contributed by atoms with Gasteiger partial charge >= 0.3 is 0 Å². The van der Waals surface area contributed by atoms with Crippen molar-refractivity contribution in [2.75, 3.05) is 26.3 Å². The predicted molar refractivity (Wildman–Crippen MR) is 81.9 cm³/mol. The van der Waals surface area contributed by atoms with Gasteiger partial charge < -0.3 is 14.5 Å². The number of ether oxygens (including phenoxy) is 1. The summed E-state index contributed by atoms with van der Waals surface area (Å²) in [5.74, 6) is 1.07. The highest BCUT2D eigenvalue weighted by Gasteiger charge is 2.26. The Kier molecular flexibility index (Phi) is 7.37. The van der Waals surface area contributed by atoms with Gasteiger partial charge in [0.1, 0.15) is 16.4 Å². The lowest BCUT2D eigenvalue weighted by Gasteiger charge is -2.09. The van der Waals surface area contributed by atoms with Gasteiger partial charge in [-0.15, -0.1) is 0 Å². The van der Waals surface area contributed by atoms with Crippen molar-refractivity contribution in [1.29, 1.82) is 0 Å². The number of hydrogen-bond donors (Lipinski definition) is 2. The third-order valence-corrected chi connectivity index (χ3v) is 4.76. The summed E-state index contributed by atoms with van der Waals surface area (Å²) < 4.78 is 38.2. The standard InChI is InChI=1S/C14H26N2O4S/c1-5-15-10-13-11(3)20-12(4)14(13)21(17,18)16-8-7-9-19-6-2/h15-16H,5-10H2,1-4H3. The smallest absolute Gasteiger partial charge is 0.244 e. The Labute approximate surface area is 127 Å². The molecule has 0 aliphatic rings. The summed E-state index contributed by atoms with van der Waals surface area (Å²) in [5.41, 5.74) is 0.701. The lowest BCUT2D eigenvalue weighted by molar-refractivity contribution is 0.146. The minimum Gasteiger partial charge on any atom is -0.465 e. The molecule has 1 aromatic heterocycles. The molecule has 0 unspecified atom stereocenters. The molecule has 2 N–H and O–H groups in total. The zero-order chi connectivity index (χ0) is 15.9. The maximum atomic E-state index is 12.4. The Morgan fingerprint density at radius 1 is 1.19 bits per heavy atom. The molecular weight excluding hydrogens is 292 g/mol. The van der Waals surface area contributed by atoms with E-state index < -0.39 is 10.0 Å². The van der Waals surface area contributed by atoms with Gasteiger partial charge in [0.15, 0.2) is 0 Å². The highest BCUT2D eigenvalue weighted by atomic mass is 32.2. The molecule has 0 radical (unpaired) electrons. The van der Waals surface area contributed by atoms with Gasteiger partial charge in [0.25, 0.3) is 0 Å². The average molecular weight is 318 g/mol. The molecule has 7 heteroatoms. The molecule has 0 aliphatic carbocycles. The Hall–Kier alpha value is -0.890. The number of rotatable bonds is 10. The summed E-state index contributed by atoms with van der Waals surface area (Å²) in [7, 11) is -3.56. The fraction of sp³-hybridized carbons (Fsp3) is 0.714. The molecule has 6 nitrogen and oxygen atoms in total. The normalized spacial score (nSPS) is 12.0. The van der Waals surface area contributed by atoms with Gasteiger partial charge in [-0.05, 0) is 33.7 Å². The summed E-state index contributed by atoms with van der Waals surface area (Å²) in [6.07, 6.45) is 0.644. The minimum absolute atomic E-state index is 0.261. The molecule has 0 saturated heterocycles. The summed E-state index contributed by atoms with van der Waals surface area (Å²) >= 11 is 0. The molecule has 0 fully saturated rings. The summed E-state index contributed by atoms with van der Waals surface area (Å²) in [6, 6.07) is 0. The first-order chi connectivity index (χ1) is 9.94. The summed E-state index contributed by atoms with van der Waals surface area (Å²) in [4.78, 5) is 0.261. The van der Waals surface area contributed by atoms with Crippen LogP contribution < -0.4 is 10.0 Å². The Morgan fingerprint density at radius 3 is 2.52 bits per heavy atom. The fourth-order valence-corrected chi connectivity index (χ4v) is 3.63. The molecule has 0 bridgehead atoms. The van der Waals surface area contributed by atoms with Crippen molar-refractivity contribution in [3.8, 4) is 0 Å². The van der Waals surface area contributed by atoms with E-state index in [1.165, 1.54) is 0 Å². The first kappa shape index (κ1) is 18.2. The summed E-state index contributed by atoms with van der Waals surface area (Å²) in [5, 5.41) is 3.14. The van der Waals surface area contributed by atoms with Crippen LogP contribution in [0, 0.1) is 13.8 Å². The van der Waals surface area contributed by atoms with Crippen molar-refractivity contribution >= 4 is 10.0 Å². The van der Waals surface area contributed by atoms with E-state index in [9.17, 15) is 8.42 Å². The van der Waals surface area contributed by atoms with E-state index in [0.29, 0.717) is 49.8 Å². The Morgan fingerprint density at radius 2 is 1.90 bits per heavy atom. The first-order valence-corrected chi connectivity index (χ1v) is 8.79. The van der Waals surface area contributed by atoms with E-state index in [0.717, 1.165) is 6.54 Å². The van der Waals surface area contributed by atoms with Gasteiger partial charge in [-0.25, -0.2) is 13.1 Å². The molecule has 0 spiro atoms. The van der Waals surface area contributed by atoms with Gasteiger partial charge in [-0.1, -0.05) is 6.92 Å². The number of sulfonamides is 1. The van der Waals surface area contributed by atoms with Crippen molar-refractivity contribution in [3.63, 3.8) is 0 Å². The Balaban J connectivity index is 2.82. The third kappa shape index (κ3) is 5.10. The fourth-order valence-electron chi connectivity index (χ4n) is 2.11. The van der Waals surface area contributed by atoms with Crippen molar-refractivity contribution in [2.45, 2.75) is 45.6 Å². The van der Waals surface area contributed by atoms with Crippen molar-refractivity contribution in [3.05, 3.63) is 17.1 Å². The van der Waals surface area contributed by atoms with Crippen molar-refractivity contribution < 1.29 is 17.6 Å². The zero-order valence-corrected chi connectivity index (χ0v) is 14.1. The molecule has 0 amide bonds. The maximum absolute atomic E-state index is 12.4. The van der Waals surface area contributed by atoms with Crippen LogP contribution in [-0.4, -0.2) is 34.7 Å². The van der Waals surface area contributed by atoms with Crippen molar-refractivity contribution in [1.82, 2.24) is 10.0 Å². The van der Waals surface area contributed by atoms with E-state index in [1.54, 1.807) is 13.8 Å². The maximum Gasteiger partial charge on any atom is 0.244 e. The Bertz CT molecular complexity index is 537. The highest BCUT2D eigenvalue weighted by molar-refractivity contribution is 7.89. The van der Waals surface area contributed by atoms with Gasteiger partial charge in [-0.2, -0.15) is 0 Å². The van der Waals surface area contributed by atoms with Crippen LogP contribution in [0.1, 0.15) is 37.4 Å². The van der Waals surface area contributed by atoms with Crippen LogP contribution in [0.4, 0.5) is 0 Å². The topological polar surface area (TPSA) is 80.6 Å². The van der Waals surface area contributed by atoms with Gasteiger partial charge in [0, 0.05) is 31.9 Å². The van der Waals surface area contributed by atoms with Gasteiger partial charge in [0.05, 0.1) is 0 Å². The van der Waals surface area contributed by atoms with E-state index >= 15 is 0 Å². The second kappa shape index (κ2) is 8.53. The molecule has 0 saturated carbocycles. The molecule has 0 aliphatic heterocycles. The van der Waals surface area contributed by atoms with Gasteiger partial charge in [0.2, 0.25) is 10.0 Å². The third-order valence-electron chi connectivity index (χ3n) is 3.11. The van der Waals surface area contributed by atoms with Crippen LogP contribution in [0.15, 0.2) is 9.31 Å². The second-order valence-corrected chi connectivity index (χ2v) is 6.45. The number of nitrogens with one attached hydrogen (secondary N) is 2. The SMILES string of the molecule is CCNCc1c(C)oc(C)c1S(=O)(=O)NCCCOCC. The van der Waals surface area contributed by atoms with Crippen LogP contribution in [0.5, 0.6) is 0 Å². The molecule has 1 aromatic rings. The van der Waals surface area contributed by atoms with Crippen LogP contribution in [0.3, 0.4) is 0 Å². The molecule has 1 rings (SSSR count). The molecular formula is C14H26N2O4S.